The molecule has 166 valence electrons. The number of H-pyrrole nitrogens is 1. The van der Waals surface area contributed by atoms with E-state index in [1.54, 1.807) is 53.4 Å². The fourth-order valence-corrected chi connectivity index (χ4v) is 4.32. The van der Waals surface area contributed by atoms with Crippen LogP contribution in [0.2, 0.25) is 0 Å². The van der Waals surface area contributed by atoms with Gasteiger partial charge in [-0.3, -0.25) is 4.79 Å². The quantitative estimate of drug-likeness (QED) is 0.452. The van der Waals surface area contributed by atoms with Gasteiger partial charge < -0.3 is 23.3 Å². The molecule has 0 bridgehead atoms. The summed E-state index contributed by atoms with van der Waals surface area (Å²) in [7, 11) is 1.84. The molecule has 0 aliphatic carbocycles. The zero-order chi connectivity index (χ0) is 22.7. The Morgan fingerprint density at radius 3 is 2.94 bits per heavy atom. The summed E-state index contributed by atoms with van der Waals surface area (Å²) < 4.78 is 28.0. The Kier molecular flexibility index (Phi) is 4.22. The van der Waals surface area contributed by atoms with Crippen molar-refractivity contribution in [2.45, 2.75) is 19.4 Å². The number of hydrogen-bond acceptors (Lipinski definition) is 6. The van der Waals surface area contributed by atoms with E-state index in [-0.39, 0.29) is 23.4 Å². The van der Waals surface area contributed by atoms with Crippen LogP contribution in [0.25, 0.3) is 22.6 Å². The largest absolute Gasteiger partial charge is 0.458 e. The Labute approximate surface area is 186 Å². The Balaban J connectivity index is 1.43. The van der Waals surface area contributed by atoms with Crippen LogP contribution in [-0.2, 0) is 13.5 Å². The van der Waals surface area contributed by atoms with Gasteiger partial charge in [0.1, 0.15) is 28.9 Å². The number of furan rings is 1. The van der Waals surface area contributed by atoms with Crippen LogP contribution in [0.15, 0.2) is 52.0 Å². The van der Waals surface area contributed by atoms with Crippen LogP contribution >= 0.6 is 0 Å². The molecule has 0 saturated carbocycles. The third-order valence-electron chi connectivity index (χ3n) is 5.90. The molecule has 1 atom stereocenters. The molecule has 33 heavy (non-hydrogen) atoms. The highest BCUT2D eigenvalue weighted by Crippen LogP contribution is 2.38. The molecule has 0 unspecified atom stereocenters. The van der Waals surface area contributed by atoms with E-state index in [4.69, 9.17) is 8.83 Å². The summed E-state index contributed by atoms with van der Waals surface area (Å²) in [5.74, 6) is 0.100. The maximum Gasteiger partial charge on any atom is 0.292 e. The van der Waals surface area contributed by atoms with Gasteiger partial charge in [-0.1, -0.05) is 6.07 Å². The predicted molar refractivity (Wildman–Crippen MR) is 115 cm³/mol. The number of fused-ring (bicyclic) bond motifs is 2. The van der Waals surface area contributed by atoms with E-state index in [1.807, 2.05) is 7.05 Å². The van der Waals surface area contributed by atoms with Gasteiger partial charge in [0.25, 0.3) is 5.91 Å². The normalized spacial score (nSPS) is 15.8. The van der Waals surface area contributed by atoms with E-state index in [9.17, 15) is 9.18 Å². The molecule has 5 aromatic rings. The summed E-state index contributed by atoms with van der Waals surface area (Å²) in [6.07, 6.45) is 5.58. The highest BCUT2D eigenvalue weighted by Gasteiger charge is 2.39. The van der Waals surface area contributed by atoms with Crippen LogP contribution in [-0.4, -0.2) is 41.9 Å². The number of aromatic amines is 1. The van der Waals surface area contributed by atoms with Crippen molar-refractivity contribution in [1.29, 1.82) is 0 Å². The van der Waals surface area contributed by atoms with Crippen molar-refractivity contribution in [2.24, 2.45) is 7.05 Å². The molecule has 0 radical (unpaired) electrons. The number of nitrogens with one attached hydrogen (secondary N) is 1. The summed E-state index contributed by atoms with van der Waals surface area (Å²) >= 11 is 0. The average Bonchev–Trinajstić information content (AvgIpc) is 3.58. The number of aryl methyl sites for hydroxylation is 2. The monoisotopic (exact) mass is 446 g/mol. The molecule has 1 aliphatic rings. The molecule has 5 heterocycles. The zero-order valence-corrected chi connectivity index (χ0v) is 17.9. The molecule has 0 spiro atoms. The van der Waals surface area contributed by atoms with Crippen molar-refractivity contribution in [1.82, 2.24) is 29.4 Å². The van der Waals surface area contributed by atoms with Crippen LogP contribution < -0.4 is 0 Å². The fraction of sp³-hybridized carbons (Fsp3) is 0.217. The lowest BCUT2D eigenvalue weighted by atomic mass is 9.99. The van der Waals surface area contributed by atoms with E-state index in [2.05, 4.69) is 19.9 Å². The first-order chi connectivity index (χ1) is 16.0. The smallest absolute Gasteiger partial charge is 0.292 e. The Morgan fingerprint density at radius 1 is 1.27 bits per heavy atom. The number of benzene rings is 1. The number of rotatable bonds is 3. The van der Waals surface area contributed by atoms with Crippen molar-refractivity contribution in [2.75, 3.05) is 6.54 Å². The highest BCUT2D eigenvalue weighted by molar-refractivity contribution is 5.93. The number of imidazole rings is 2. The topological polar surface area (TPSA) is 106 Å². The van der Waals surface area contributed by atoms with Crippen LogP contribution in [0.3, 0.4) is 0 Å². The minimum absolute atomic E-state index is 0.127. The van der Waals surface area contributed by atoms with Gasteiger partial charge in [-0.25, -0.2) is 19.3 Å². The van der Waals surface area contributed by atoms with Crippen molar-refractivity contribution in [3.05, 3.63) is 77.5 Å². The lowest BCUT2D eigenvalue weighted by molar-refractivity contribution is 0.0640. The van der Waals surface area contributed by atoms with Gasteiger partial charge in [-0.05, 0) is 25.1 Å². The molecule has 6 rings (SSSR count). The number of nitrogens with zero attached hydrogens (tertiary/aromatic N) is 5. The molecule has 0 fully saturated rings. The molecular formula is C23H19FN6O3. The average molecular weight is 446 g/mol. The summed E-state index contributed by atoms with van der Waals surface area (Å²) in [5, 5.41) is 0.357. The van der Waals surface area contributed by atoms with Crippen molar-refractivity contribution < 1.29 is 18.0 Å². The second-order valence-corrected chi connectivity index (χ2v) is 8.08. The molecule has 1 aliphatic heterocycles. The summed E-state index contributed by atoms with van der Waals surface area (Å²) in [4.78, 5) is 31.5. The molecule has 1 N–H and O–H groups in total. The highest BCUT2D eigenvalue weighted by atomic mass is 19.1. The number of carbonyl (C=O) groups excluding carboxylic acids is 1. The first-order valence-electron chi connectivity index (χ1n) is 10.5. The number of aromatic nitrogens is 5. The Morgan fingerprint density at radius 2 is 2.15 bits per heavy atom. The van der Waals surface area contributed by atoms with Crippen molar-refractivity contribution in [3.8, 4) is 11.6 Å². The predicted octanol–water partition coefficient (Wildman–Crippen LogP) is 3.78. The Bertz CT molecular complexity index is 1510. The van der Waals surface area contributed by atoms with Gasteiger partial charge >= 0.3 is 0 Å². The van der Waals surface area contributed by atoms with Gasteiger partial charge in [0.2, 0.25) is 11.7 Å². The van der Waals surface area contributed by atoms with Gasteiger partial charge in [0, 0.05) is 31.9 Å². The summed E-state index contributed by atoms with van der Waals surface area (Å²) in [5.41, 5.74) is 2.98. The van der Waals surface area contributed by atoms with Crippen molar-refractivity contribution >= 4 is 16.9 Å². The number of halogens is 1. The minimum Gasteiger partial charge on any atom is -0.458 e. The van der Waals surface area contributed by atoms with Crippen LogP contribution in [0.5, 0.6) is 0 Å². The van der Waals surface area contributed by atoms with Gasteiger partial charge in [0.05, 0.1) is 29.4 Å². The molecule has 1 aromatic carbocycles. The SMILES string of the molecule is Cc1nc(-c2cn(C)cn2)oc1C(=O)N1CCc2[nH]cnc2[C@H]1c1cc2c(F)cccc2o1. The molecular weight excluding hydrogens is 427 g/mol. The first-order valence-corrected chi connectivity index (χ1v) is 10.5. The van der Waals surface area contributed by atoms with Gasteiger partial charge in [0.15, 0.2) is 0 Å². The van der Waals surface area contributed by atoms with Crippen LogP contribution in [0.4, 0.5) is 4.39 Å². The lowest BCUT2D eigenvalue weighted by Crippen LogP contribution is -2.40. The number of carbonyl (C=O) groups is 1. The number of hydrogen-bond donors (Lipinski definition) is 1. The second kappa shape index (κ2) is 7.16. The standard InChI is InChI=1S/C23H19FN6O3/c1-12-21(33-22(28-12)16-9-29(2)11-27-16)23(31)30-7-6-15-19(26-10-25-15)20(30)18-8-13-14(24)4-3-5-17(13)32-18/h3-5,8-11,20H,6-7H2,1-2H3,(H,25,26)/t20-/m1/s1. The zero-order valence-electron chi connectivity index (χ0n) is 17.9. The molecule has 0 saturated heterocycles. The van der Waals surface area contributed by atoms with Gasteiger partial charge in [-0.2, -0.15) is 0 Å². The second-order valence-electron chi connectivity index (χ2n) is 8.08. The summed E-state index contributed by atoms with van der Waals surface area (Å²) in [6, 6.07) is 5.66. The molecule has 1 amide bonds. The number of oxazole rings is 1. The van der Waals surface area contributed by atoms with Crippen LogP contribution in [0.1, 0.15) is 39.4 Å². The minimum atomic E-state index is -0.637. The lowest BCUT2D eigenvalue weighted by Gasteiger charge is -2.33. The number of amides is 1. The van der Waals surface area contributed by atoms with Gasteiger partial charge in [-0.15, -0.1) is 0 Å². The maximum absolute atomic E-state index is 14.3. The molecule has 10 heteroatoms. The fourth-order valence-electron chi connectivity index (χ4n) is 4.32. The Hall–Kier alpha value is -4.21. The molecule has 4 aromatic heterocycles. The third kappa shape index (κ3) is 3.05. The molecule has 9 nitrogen and oxygen atoms in total. The van der Waals surface area contributed by atoms with E-state index < -0.39 is 6.04 Å². The third-order valence-corrected chi connectivity index (χ3v) is 5.90. The van der Waals surface area contributed by atoms with E-state index in [1.165, 1.54) is 6.07 Å². The van der Waals surface area contributed by atoms with E-state index in [0.29, 0.717) is 46.8 Å². The van der Waals surface area contributed by atoms with E-state index >= 15 is 0 Å². The first kappa shape index (κ1) is 19.5. The van der Waals surface area contributed by atoms with Crippen LogP contribution in [0, 0.1) is 12.7 Å². The van der Waals surface area contributed by atoms with E-state index in [0.717, 1.165) is 5.69 Å². The van der Waals surface area contributed by atoms with Crippen molar-refractivity contribution in [3.63, 3.8) is 0 Å². The maximum atomic E-state index is 14.3. The summed E-state index contributed by atoms with van der Waals surface area (Å²) in [6.45, 7) is 2.12.